The van der Waals surface area contributed by atoms with Gasteiger partial charge in [-0.25, -0.2) is 0 Å². The van der Waals surface area contributed by atoms with Gasteiger partial charge in [0.15, 0.2) is 18.2 Å². The SMILES string of the molecule is CC#C[C@]1(C(=O)COC(C)=O)CC[C@H]2[C@@H]3CCC4=CC(=O)CCC4=C3[C@@H](c3ccc(OC)cc3)C[C@@]21C. The first-order chi connectivity index (χ1) is 17.7. The number of allylic oxidation sites excluding steroid dienone is 4. The number of carbonyl (C=O) groups is 3. The topological polar surface area (TPSA) is 69.7 Å². The molecule has 0 heterocycles. The summed E-state index contributed by atoms with van der Waals surface area (Å²) < 4.78 is 10.6. The monoisotopic (exact) mass is 500 g/mol. The first-order valence-electron chi connectivity index (χ1n) is 13.5. The lowest BCUT2D eigenvalue weighted by Crippen LogP contribution is -2.51. The highest BCUT2D eigenvalue weighted by Gasteiger charge is 2.65. The second-order valence-electron chi connectivity index (χ2n) is 11.3. The number of methoxy groups -OCH3 is 1. The van der Waals surface area contributed by atoms with E-state index in [0.29, 0.717) is 24.7 Å². The molecule has 0 aliphatic heterocycles. The predicted molar refractivity (Wildman–Crippen MR) is 141 cm³/mol. The summed E-state index contributed by atoms with van der Waals surface area (Å²) in [5.41, 5.74) is 4.08. The lowest BCUT2D eigenvalue weighted by molar-refractivity contribution is -0.150. The van der Waals surface area contributed by atoms with Crippen LogP contribution in [0.2, 0.25) is 0 Å². The summed E-state index contributed by atoms with van der Waals surface area (Å²) in [5, 5.41) is 0. The van der Waals surface area contributed by atoms with Crippen molar-refractivity contribution in [3.8, 4) is 17.6 Å². The number of esters is 1. The van der Waals surface area contributed by atoms with E-state index in [0.717, 1.165) is 37.9 Å². The summed E-state index contributed by atoms with van der Waals surface area (Å²) in [7, 11) is 1.67. The highest BCUT2D eigenvalue weighted by Crippen LogP contribution is 2.69. The van der Waals surface area contributed by atoms with Crippen molar-refractivity contribution in [1.29, 1.82) is 0 Å². The molecule has 0 aromatic heterocycles. The summed E-state index contributed by atoms with van der Waals surface area (Å²) in [6.07, 6.45) is 7.54. The van der Waals surface area contributed by atoms with Crippen LogP contribution in [0.4, 0.5) is 0 Å². The van der Waals surface area contributed by atoms with E-state index in [9.17, 15) is 14.4 Å². The number of ether oxygens (including phenoxy) is 2. The number of Topliss-reactive ketones (excluding diaryl/α,β-unsaturated/α-hetero) is 1. The molecule has 2 saturated carbocycles. The molecule has 0 saturated heterocycles. The molecular weight excluding hydrogens is 464 g/mol. The standard InChI is InChI=1S/C32H36O5/c1-5-15-32(29(35)19-37-20(2)33)16-14-28-26-12-8-22-17-23(34)9-13-25(22)30(26)27(18-31(28,32)3)21-6-10-24(36-4)11-7-21/h6-7,10-11,17,26-28H,8-9,12-14,16,18-19H2,1-4H3/t26-,27+,28-,31-,32+/m0/s1. The van der Waals surface area contributed by atoms with Crippen LogP contribution in [0.3, 0.4) is 0 Å². The Hall–Kier alpha value is -3.13. The van der Waals surface area contributed by atoms with Crippen LogP contribution in [0.15, 0.2) is 47.1 Å². The second kappa shape index (κ2) is 9.63. The van der Waals surface area contributed by atoms with Crippen molar-refractivity contribution in [1.82, 2.24) is 0 Å². The maximum absolute atomic E-state index is 13.8. The number of hydrogen-bond donors (Lipinski definition) is 0. The van der Waals surface area contributed by atoms with Crippen LogP contribution in [-0.2, 0) is 19.1 Å². The van der Waals surface area contributed by atoms with Crippen LogP contribution in [0, 0.1) is 34.5 Å². The Morgan fingerprint density at radius 1 is 1.11 bits per heavy atom. The third-order valence-corrected chi connectivity index (χ3v) is 9.67. The lowest BCUT2D eigenvalue weighted by Gasteiger charge is -2.54. The minimum Gasteiger partial charge on any atom is -0.497 e. The van der Waals surface area contributed by atoms with Crippen molar-refractivity contribution in [3.63, 3.8) is 0 Å². The molecule has 37 heavy (non-hydrogen) atoms. The van der Waals surface area contributed by atoms with Crippen LogP contribution >= 0.6 is 0 Å². The summed E-state index contributed by atoms with van der Waals surface area (Å²) >= 11 is 0. The third-order valence-electron chi connectivity index (χ3n) is 9.67. The number of fused-ring (bicyclic) bond motifs is 4. The van der Waals surface area contributed by atoms with E-state index < -0.39 is 11.4 Å². The Balaban J connectivity index is 1.66. The summed E-state index contributed by atoms with van der Waals surface area (Å²) in [5.74, 6) is 7.77. The Bertz CT molecular complexity index is 1260. The largest absolute Gasteiger partial charge is 0.497 e. The molecule has 0 unspecified atom stereocenters. The van der Waals surface area contributed by atoms with E-state index in [1.165, 1.54) is 29.2 Å². The van der Waals surface area contributed by atoms with Crippen molar-refractivity contribution in [3.05, 3.63) is 52.6 Å². The molecule has 0 spiro atoms. The fourth-order valence-corrected chi connectivity index (χ4v) is 8.06. The van der Waals surface area contributed by atoms with Gasteiger partial charge in [0.05, 0.1) is 12.5 Å². The number of benzene rings is 1. The maximum atomic E-state index is 13.8. The van der Waals surface area contributed by atoms with Crippen molar-refractivity contribution in [2.45, 2.75) is 71.6 Å². The fraction of sp³-hybridized carbons (Fsp3) is 0.531. The first kappa shape index (κ1) is 25.5. The van der Waals surface area contributed by atoms with Gasteiger partial charge in [0.1, 0.15) is 5.75 Å². The molecule has 0 N–H and O–H groups in total. The van der Waals surface area contributed by atoms with Gasteiger partial charge in [-0.3, -0.25) is 14.4 Å². The van der Waals surface area contributed by atoms with Gasteiger partial charge in [-0.2, -0.15) is 0 Å². The molecule has 194 valence electrons. The van der Waals surface area contributed by atoms with Crippen LogP contribution in [0.5, 0.6) is 5.75 Å². The second-order valence-corrected chi connectivity index (χ2v) is 11.3. The Morgan fingerprint density at radius 3 is 2.54 bits per heavy atom. The molecular formula is C32H36O5. The normalized spacial score (nSPS) is 32.3. The van der Waals surface area contributed by atoms with E-state index in [2.05, 4.69) is 30.9 Å². The van der Waals surface area contributed by atoms with Gasteiger partial charge in [0, 0.05) is 19.3 Å². The molecule has 0 amide bonds. The van der Waals surface area contributed by atoms with E-state index in [1.807, 2.05) is 18.2 Å². The third kappa shape index (κ3) is 4.06. The van der Waals surface area contributed by atoms with Gasteiger partial charge in [-0.05, 0) is 97.6 Å². The zero-order valence-corrected chi connectivity index (χ0v) is 22.3. The minimum absolute atomic E-state index is 0.0775. The molecule has 2 fully saturated rings. The van der Waals surface area contributed by atoms with Crippen molar-refractivity contribution < 1.29 is 23.9 Å². The Morgan fingerprint density at radius 2 is 1.86 bits per heavy atom. The van der Waals surface area contributed by atoms with Gasteiger partial charge in [-0.1, -0.05) is 30.6 Å². The minimum atomic E-state index is -0.846. The summed E-state index contributed by atoms with van der Waals surface area (Å²) in [6.45, 7) is 5.17. The summed E-state index contributed by atoms with van der Waals surface area (Å²) in [6, 6.07) is 8.31. The van der Waals surface area contributed by atoms with Gasteiger partial charge in [0.2, 0.25) is 0 Å². The van der Waals surface area contributed by atoms with Crippen LogP contribution < -0.4 is 4.74 Å². The van der Waals surface area contributed by atoms with E-state index >= 15 is 0 Å². The molecule has 4 aliphatic rings. The molecule has 4 aliphatic carbocycles. The average Bonchev–Trinajstić information content (AvgIpc) is 3.19. The molecule has 5 heteroatoms. The average molecular weight is 501 g/mol. The molecule has 0 bridgehead atoms. The highest BCUT2D eigenvalue weighted by atomic mass is 16.5. The number of carbonyl (C=O) groups excluding carboxylic acids is 3. The van der Waals surface area contributed by atoms with Crippen molar-refractivity contribution in [2.75, 3.05) is 13.7 Å². The molecule has 0 radical (unpaired) electrons. The molecule has 5 nitrogen and oxygen atoms in total. The van der Waals surface area contributed by atoms with Crippen molar-refractivity contribution >= 4 is 17.5 Å². The number of ketones is 2. The van der Waals surface area contributed by atoms with Gasteiger partial charge >= 0.3 is 5.97 Å². The van der Waals surface area contributed by atoms with Gasteiger partial charge in [0.25, 0.3) is 0 Å². The van der Waals surface area contributed by atoms with E-state index in [4.69, 9.17) is 9.47 Å². The van der Waals surface area contributed by atoms with Crippen LogP contribution in [-0.4, -0.2) is 31.3 Å². The number of rotatable bonds is 5. The molecule has 1 aromatic rings. The van der Waals surface area contributed by atoms with Gasteiger partial charge < -0.3 is 9.47 Å². The Kier molecular flexibility index (Phi) is 6.64. The molecule has 5 rings (SSSR count). The number of hydrogen-bond acceptors (Lipinski definition) is 5. The summed E-state index contributed by atoms with van der Waals surface area (Å²) in [4.78, 5) is 37.7. The zero-order valence-electron chi connectivity index (χ0n) is 22.3. The quantitative estimate of drug-likeness (QED) is 0.381. The predicted octanol–water partition coefficient (Wildman–Crippen LogP) is 5.74. The Labute approximate surface area is 219 Å². The highest BCUT2D eigenvalue weighted by molar-refractivity contribution is 5.93. The fourth-order valence-electron chi connectivity index (χ4n) is 8.06. The van der Waals surface area contributed by atoms with Crippen LogP contribution in [0.25, 0.3) is 0 Å². The smallest absolute Gasteiger partial charge is 0.303 e. The van der Waals surface area contributed by atoms with E-state index in [-0.39, 0.29) is 29.5 Å². The van der Waals surface area contributed by atoms with Crippen LogP contribution in [0.1, 0.15) is 77.2 Å². The van der Waals surface area contributed by atoms with E-state index in [1.54, 1.807) is 14.0 Å². The zero-order chi connectivity index (χ0) is 26.4. The van der Waals surface area contributed by atoms with Gasteiger partial charge in [-0.15, -0.1) is 5.92 Å². The molecule has 5 atom stereocenters. The lowest BCUT2D eigenvalue weighted by atomic mass is 9.48. The maximum Gasteiger partial charge on any atom is 0.303 e. The van der Waals surface area contributed by atoms with Crippen molar-refractivity contribution in [2.24, 2.45) is 22.7 Å². The molecule has 1 aromatic carbocycles. The first-order valence-corrected chi connectivity index (χ1v) is 13.5.